The number of methoxy groups -OCH3 is 1. The third kappa shape index (κ3) is 9.03. The van der Waals surface area contributed by atoms with E-state index in [4.69, 9.17) is 0 Å². The molecule has 0 aliphatic heterocycles. The zero-order valence-corrected chi connectivity index (χ0v) is 16.7. The van der Waals surface area contributed by atoms with Crippen LogP contribution in [0.2, 0.25) is 0 Å². The molecule has 27 heavy (non-hydrogen) atoms. The maximum absolute atomic E-state index is 12.8. The number of carbonyl (C=O) groups is 4. The number of nitrogens with one attached hydrogen (secondary N) is 1. The van der Waals surface area contributed by atoms with Crippen LogP contribution in [0.25, 0.3) is 0 Å². The predicted molar refractivity (Wildman–Crippen MR) is 103 cm³/mol. The van der Waals surface area contributed by atoms with Gasteiger partial charge in [0.2, 0.25) is 17.7 Å². The first kappa shape index (κ1) is 24.4. The second-order valence-electron chi connectivity index (χ2n) is 6.39. The van der Waals surface area contributed by atoms with Crippen molar-refractivity contribution in [3.63, 3.8) is 0 Å². The zero-order valence-electron chi connectivity index (χ0n) is 16.7. The first-order valence-corrected chi connectivity index (χ1v) is 8.80. The van der Waals surface area contributed by atoms with E-state index in [1.165, 1.54) is 29.9 Å². The number of carbonyl (C=O) groups excluding carboxylic acids is 4. The van der Waals surface area contributed by atoms with E-state index in [1.54, 1.807) is 19.9 Å². The van der Waals surface area contributed by atoms with Crippen LogP contribution < -0.4 is 5.32 Å². The lowest BCUT2D eigenvalue weighted by atomic mass is 10.0. The minimum atomic E-state index is -0.838. The van der Waals surface area contributed by atoms with Crippen molar-refractivity contribution in [2.45, 2.75) is 33.2 Å². The summed E-state index contributed by atoms with van der Waals surface area (Å²) in [6.45, 7) is 12.3. The summed E-state index contributed by atoms with van der Waals surface area (Å²) < 4.78 is 4.61. The Bertz CT molecular complexity index is 560. The molecule has 0 heterocycles. The molecule has 8 nitrogen and oxygen atoms in total. The summed E-state index contributed by atoms with van der Waals surface area (Å²) in [5, 5.41) is 2.67. The quantitative estimate of drug-likeness (QED) is 0.397. The van der Waals surface area contributed by atoms with E-state index < -0.39 is 23.8 Å². The predicted octanol–water partition coefficient (Wildman–Crippen LogP) is 0.739. The number of hydrogen-bond acceptors (Lipinski definition) is 5. The largest absolute Gasteiger partial charge is 0.468 e. The second kappa shape index (κ2) is 12.7. The fourth-order valence-electron chi connectivity index (χ4n) is 2.31. The summed E-state index contributed by atoms with van der Waals surface area (Å²) in [7, 11) is 1.24. The summed E-state index contributed by atoms with van der Waals surface area (Å²) in [6, 6.07) is -0.838. The van der Waals surface area contributed by atoms with Gasteiger partial charge < -0.3 is 19.9 Å². The number of ether oxygens (including phenoxy) is 1. The molecule has 0 aromatic heterocycles. The van der Waals surface area contributed by atoms with Gasteiger partial charge in [0.25, 0.3) is 0 Å². The average molecular weight is 381 g/mol. The molecule has 1 atom stereocenters. The number of amides is 3. The van der Waals surface area contributed by atoms with Crippen molar-refractivity contribution >= 4 is 23.7 Å². The molecule has 0 aliphatic carbocycles. The Kier molecular flexibility index (Phi) is 11.4. The van der Waals surface area contributed by atoms with E-state index >= 15 is 0 Å². The Morgan fingerprint density at radius 3 is 2.15 bits per heavy atom. The minimum absolute atomic E-state index is 0.145. The topological polar surface area (TPSA) is 96.0 Å². The second-order valence-corrected chi connectivity index (χ2v) is 6.39. The van der Waals surface area contributed by atoms with Crippen LogP contribution in [0.4, 0.5) is 0 Å². The number of hydrogen-bond donors (Lipinski definition) is 1. The minimum Gasteiger partial charge on any atom is -0.468 e. The molecule has 0 rings (SSSR count). The Hall–Kier alpha value is -2.64. The van der Waals surface area contributed by atoms with Gasteiger partial charge in [-0.15, -0.1) is 13.2 Å². The van der Waals surface area contributed by atoms with E-state index in [1.807, 2.05) is 0 Å². The van der Waals surface area contributed by atoms with Crippen LogP contribution in [-0.4, -0.2) is 72.8 Å². The Morgan fingerprint density at radius 2 is 1.70 bits per heavy atom. The molecule has 0 radical (unpaired) electrons. The number of esters is 1. The highest BCUT2D eigenvalue weighted by atomic mass is 16.5. The van der Waals surface area contributed by atoms with Crippen molar-refractivity contribution in [1.82, 2.24) is 15.1 Å². The summed E-state index contributed by atoms with van der Waals surface area (Å²) >= 11 is 0. The van der Waals surface area contributed by atoms with Crippen LogP contribution in [0.1, 0.15) is 27.2 Å². The van der Waals surface area contributed by atoms with E-state index in [2.05, 4.69) is 23.2 Å². The number of nitrogens with zero attached hydrogens (tertiary/aromatic N) is 2. The summed E-state index contributed by atoms with van der Waals surface area (Å²) in [4.78, 5) is 51.1. The Labute approximate surface area is 161 Å². The molecule has 0 unspecified atom stereocenters. The van der Waals surface area contributed by atoms with Crippen molar-refractivity contribution in [2.24, 2.45) is 5.92 Å². The van der Waals surface area contributed by atoms with Crippen LogP contribution in [-0.2, 0) is 23.9 Å². The zero-order chi connectivity index (χ0) is 21.0. The van der Waals surface area contributed by atoms with Crippen LogP contribution in [0.15, 0.2) is 25.3 Å². The Balaban J connectivity index is 5.17. The molecular weight excluding hydrogens is 350 g/mol. The van der Waals surface area contributed by atoms with Gasteiger partial charge in [0.05, 0.1) is 13.7 Å². The molecule has 0 saturated carbocycles. The first-order valence-electron chi connectivity index (χ1n) is 8.80. The van der Waals surface area contributed by atoms with E-state index in [0.717, 1.165) is 0 Å². The van der Waals surface area contributed by atoms with Crippen LogP contribution in [0, 0.1) is 5.92 Å². The van der Waals surface area contributed by atoms with Gasteiger partial charge in [-0.05, 0) is 12.3 Å². The fraction of sp³-hybridized carbons (Fsp3) is 0.579. The van der Waals surface area contributed by atoms with Gasteiger partial charge in [-0.2, -0.15) is 0 Å². The number of rotatable bonds is 12. The van der Waals surface area contributed by atoms with Gasteiger partial charge in [-0.25, -0.2) is 0 Å². The van der Waals surface area contributed by atoms with Gasteiger partial charge in [0, 0.05) is 20.0 Å². The van der Waals surface area contributed by atoms with Crippen LogP contribution in [0.5, 0.6) is 0 Å². The van der Waals surface area contributed by atoms with Gasteiger partial charge in [0.1, 0.15) is 12.6 Å². The third-order valence-corrected chi connectivity index (χ3v) is 3.84. The van der Waals surface area contributed by atoms with Gasteiger partial charge >= 0.3 is 5.97 Å². The van der Waals surface area contributed by atoms with E-state index in [0.29, 0.717) is 13.0 Å². The van der Waals surface area contributed by atoms with Crippen molar-refractivity contribution in [1.29, 1.82) is 0 Å². The lowest BCUT2D eigenvalue weighted by molar-refractivity contribution is -0.148. The Morgan fingerprint density at radius 1 is 1.07 bits per heavy atom. The molecule has 8 heteroatoms. The smallest absolute Gasteiger partial charge is 0.325 e. The monoisotopic (exact) mass is 381 g/mol. The van der Waals surface area contributed by atoms with Gasteiger partial charge in [0.15, 0.2) is 0 Å². The van der Waals surface area contributed by atoms with Crippen molar-refractivity contribution in [2.75, 3.05) is 33.3 Å². The lowest BCUT2D eigenvalue weighted by Gasteiger charge is -2.29. The van der Waals surface area contributed by atoms with Gasteiger partial charge in [-0.1, -0.05) is 26.0 Å². The SMILES string of the molecule is C=CCCN(CC(=O)N[C@H](C(=O)N(CC=C)CC(=O)OC)C(C)C)C(C)=O. The lowest BCUT2D eigenvalue weighted by Crippen LogP contribution is -2.54. The normalized spacial score (nSPS) is 11.3. The molecular formula is C19H31N3O5. The van der Waals surface area contributed by atoms with Crippen molar-refractivity contribution < 1.29 is 23.9 Å². The van der Waals surface area contributed by atoms with E-state index in [-0.39, 0.29) is 31.5 Å². The van der Waals surface area contributed by atoms with Crippen molar-refractivity contribution in [3.8, 4) is 0 Å². The standard InChI is InChI=1S/C19H31N3O5/c1-7-9-11-21(15(5)23)12-16(24)20-18(14(3)4)19(26)22(10-8-2)13-17(25)27-6/h7-8,14,18H,1-2,9-13H2,3-6H3,(H,20,24)/t18-/m0/s1. The summed E-state index contributed by atoms with van der Waals surface area (Å²) in [5.74, 6) is -1.88. The molecule has 3 amide bonds. The first-order chi connectivity index (χ1) is 12.7. The van der Waals surface area contributed by atoms with Crippen molar-refractivity contribution in [3.05, 3.63) is 25.3 Å². The summed E-state index contributed by atoms with van der Waals surface area (Å²) in [5.41, 5.74) is 0. The average Bonchev–Trinajstić information content (AvgIpc) is 2.61. The molecule has 0 aliphatic rings. The third-order valence-electron chi connectivity index (χ3n) is 3.84. The highest BCUT2D eigenvalue weighted by Crippen LogP contribution is 2.08. The molecule has 152 valence electrons. The molecule has 0 spiro atoms. The van der Waals surface area contributed by atoms with Gasteiger partial charge in [-0.3, -0.25) is 19.2 Å². The summed E-state index contributed by atoms with van der Waals surface area (Å²) in [6.07, 6.45) is 3.72. The molecule has 0 fully saturated rings. The molecule has 0 saturated heterocycles. The fourth-order valence-corrected chi connectivity index (χ4v) is 2.31. The maximum atomic E-state index is 12.8. The molecule has 0 aromatic carbocycles. The van der Waals surface area contributed by atoms with Crippen LogP contribution in [0.3, 0.4) is 0 Å². The van der Waals surface area contributed by atoms with Crippen LogP contribution >= 0.6 is 0 Å². The molecule has 1 N–H and O–H groups in total. The molecule has 0 aromatic rings. The maximum Gasteiger partial charge on any atom is 0.325 e. The highest BCUT2D eigenvalue weighted by molar-refractivity contribution is 5.91. The highest BCUT2D eigenvalue weighted by Gasteiger charge is 2.30. The van der Waals surface area contributed by atoms with E-state index in [9.17, 15) is 19.2 Å². The molecule has 0 bridgehead atoms.